The number of hydrogen-bond donors (Lipinski definition) is 1. The van der Waals surface area contributed by atoms with Crippen molar-refractivity contribution < 1.29 is 17.9 Å². The summed E-state index contributed by atoms with van der Waals surface area (Å²) in [5, 5.41) is 0. The Hall–Kier alpha value is -1.53. The molecule has 1 heterocycles. The first kappa shape index (κ1) is 13.5. The summed E-state index contributed by atoms with van der Waals surface area (Å²) in [5.41, 5.74) is 4.10. The maximum absolute atomic E-state index is 12.4. The fraction of sp³-hybridized carbons (Fsp3) is 0.600. The SMILES string of the molecule is CCCCCOc1cc(C(F)(F)F)nc(N)n1. The molecule has 7 heteroatoms. The highest BCUT2D eigenvalue weighted by atomic mass is 19.4. The van der Waals surface area contributed by atoms with Crippen molar-refractivity contribution in [3.63, 3.8) is 0 Å². The number of nitrogens with zero attached hydrogens (tertiary/aromatic N) is 2. The molecule has 4 nitrogen and oxygen atoms in total. The first-order chi connectivity index (χ1) is 7.93. The van der Waals surface area contributed by atoms with Gasteiger partial charge in [-0.25, -0.2) is 4.98 Å². The number of unbranched alkanes of at least 4 members (excludes halogenated alkanes) is 2. The number of ether oxygens (including phenoxy) is 1. The lowest BCUT2D eigenvalue weighted by Crippen LogP contribution is -2.12. The molecule has 0 atom stereocenters. The van der Waals surface area contributed by atoms with Crippen molar-refractivity contribution in [1.82, 2.24) is 9.97 Å². The van der Waals surface area contributed by atoms with Crippen molar-refractivity contribution in [1.29, 1.82) is 0 Å². The molecule has 0 unspecified atom stereocenters. The lowest BCUT2D eigenvalue weighted by Gasteiger charge is -2.09. The smallest absolute Gasteiger partial charge is 0.433 e. The van der Waals surface area contributed by atoms with E-state index in [2.05, 4.69) is 9.97 Å². The molecular formula is C10H14F3N3O. The van der Waals surface area contributed by atoms with Crippen molar-refractivity contribution >= 4 is 5.95 Å². The van der Waals surface area contributed by atoms with Gasteiger partial charge in [0.15, 0.2) is 5.69 Å². The van der Waals surface area contributed by atoms with E-state index in [9.17, 15) is 13.2 Å². The molecule has 2 N–H and O–H groups in total. The summed E-state index contributed by atoms with van der Waals surface area (Å²) < 4.78 is 42.3. The Balaban J connectivity index is 2.69. The molecule has 0 spiro atoms. The number of alkyl halides is 3. The van der Waals surface area contributed by atoms with Crippen LogP contribution < -0.4 is 10.5 Å². The fourth-order valence-corrected chi connectivity index (χ4v) is 1.19. The van der Waals surface area contributed by atoms with Gasteiger partial charge in [-0.15, -0.1) is 0 Å². The first-order valence-corrected chi connectivity index (χ1v) is 5.28. The zero-order valence-electron chi connectivity index (χ0n) is 9.42. The molecule has 0 fully saturated rings. The number of anilines is 1. The highest BCUT2D eigenvalue weighted by Gasteiger charge is 2.33. The third kappa shape index (κ3) is 4.46. The van der Waals surface area contributed by atoms with Crippen molar-refractivity contribution in [3.05, 3.63) is 11.8 Å². The molecule has 1 aromatic heterocycles. The summed E-state index contributed by atoms with van der Waals surface area (Å²) in [7, 11) is 0. The second kappa shape index (κ2) is 5.70. The molecule has 17 heavy (non-hydrogen) atoms. The highest BCUT2D eigenvalue weighted by Crippen LogP contribution is 2.29. The maximum Gasteiger partial charge on any atom is 0.433 e. The van der Waals surface area contributed by atoms with E-state index in [1.165, 1.54) is 0 Å². The van der Waals surface area contributed by atoms with E-state index < -0.39 is 17.8 Å². The Morgan fingerprint density at radius 1 is 1.29 bits per heavy atom. The molecule has 0 aliphatic carbocycles. The molecule has 0 aliphatic heterocycles. The molecule has 0 aliphatic rings. The first-order valence-electron chi connectivity index (χ1n) is 5.28. The summed E-state index contributed by atoms with van der Waals surface area (Å²) in [6, 6.07) is 0.752. The Labute approximate surface area is 97.0 Å². The van der Waals surface area contributed by atoms with Gasteiger partial charge in [-0.1, -0.05) is 19.8 Å². The number of hydrogen-bond acceptors (Lipinski definition) is 4. The van der Waals surface area contributed by atoms with Crippen LogP contribution in [0.3, 0.4) is 0 Å². The fourth-order valence-electron chi connectivity index (χ4n) is 1.19. The van der Waals surface area contributed by atoms with Crippen molar-refractivity contribution in [2.24, 2.45) is 0 Å². The van der Waals surface area contributed by atoms with Crippen LogP contribution in [0, 0.1) is 0 Å². The molecule has 1 rings (SSSR count). The van der Waals surface area contributed by atoms with E-state index in [0.717, 1.165) is 25.3 Å². The van der Waals surface area contributed by atoms with Gasteiger partial charge in [0, 0.05) is 6.07 Å². The summed E-state index contributed by atoms with van der Waals surface area (Å²) in [4.78, 5) is 6.70. The van der Waals surface area contributed by atoms with Crippen LogP contribution in [0.2, 0.25) is 0 Å². The number of nitrogens with two attached hydrogens (primary N) is 1. The van der Waals surface area contributed by atoms with Crippen LogP contribution in [0.4, 0.5) is 19.1 Å². The summed E-state index contributed by atoms with van der Waals surface area (Å²) in [6.45, 7) is 2.34. The Morgan fingerprint density at radius 2 is 2.00 bits per heavy atom. The van der Waals surface area contributed by atoms with Crippen molar-refractivity contribution in [3.8, 4) is 5.88 Å². The third-order valence-corrected chi connectivity index (χ3v) is 2.01. The largest absolute Gasteiger partial charge is 0.478 e. The van der Waals surface area contributed by atoms with Crippen LogP contribution in [-0.2, 0) is 6.18 Å². The summed E-state index contributed by atoms with van der Waals surface area (Å²) in [5.74, 6) is -0.578. The Bertz CT molecular complexity index is 368. The second-order valence-electron chi connectivity index (χ2n) is 3.50. The van der Waals surface area contributed by atoms with E-state index >= 15 is 0 Å². The van der Waals surface area contributed by atoms with Gasteiger partial charge in [0.25, 0.3) is 0 Å². The van der Waals surface area contributed by atoms with Gasteiger partial charge in [-0.3, -0.25) is 0 Å². The molecule has 0 saturated carbocycles. The average Bonchev–Trinajstić information content (AvgIpc) is 2.22. The number of rotatable bonds is 5. The van der Waals surface area contributed by atoms with E-state index in [-0.39, 0.29) is 5.88 Å². The second-order valence-corrected chi connectivity index (χ2v) is 3.50. The monoisotopic (exact) mass is 249 g/mol. The minimum absolute atomic E-state index is 0.138. The Morgan fingerprint density at radius 3 is 2.59 bits per heavy atom. The van der Waals surface area contributed by atoms with Gasteiger partial charge >= 0.3 is 6.18 Å². The summed E-state index contributed by atoms with van der Waals surface area (Å²) in [6.07, 6.45) is -1.82. The van der Waals surface area contributed by atoms with Crippen LogP contribution in [0.15, 0.2) is 6.07 Å². The summed E-state index contributed by atoms with van der Waals surface area (Å²) >= 11 is 0. The minimum Gasteiger partial charge on any atom is -0.478 e. The highest BCUT2D eigenvalue weighted by molar-refractivity contribution is 5.27. The zero-order chi connectivity index (χ0) is 12.9. The zero-order valence-corrected chi connectivity index (χ0v) is 9.42. The van der Waals surface area contributed by atoms with Crippen molar-refractivity contribution in [2.75, 3.05) is 12.3 Å². The molecule has 0 bridgehead atoms. The molecular weight excluding hydrogens is 235 g/mol. The van der Waals surface area contributed by atoms with Crippen LogP contribution in [0.25, 0.3) is 0 Å². The molecule has 0 saturated heterocycles. The maximum atomic E-state index is 12.4. The molecule has 96 valence electrons. The topological polar surface area (TPSA) is 61.0 Å². The van der Waals surface area contributed by atoms with Gasteiger partial charge < -0.3 is 10.5 Å². The predicted octanol–water partition coefficient (Wildman–Crippen LogP) is 2.65. The molecule has 0 aromatic carbocycles. The van der Waals surface area contributed by atoms with Crippen molar-refractivity contribution in [2.45, 2.75) is 32.4 Å². The Kier molecular flexibility index (Phi) is 4.53. The van der Waals surface area contributed by atoms with Gasteiger partial charge in [-0.05, 0) is 6.42 Å². The lowest BCUT2D eigenvalue weighted by molar-refractivity contribution is -0.141. The van der Waals surface area contributed by atoms with Crippen LogP contribution >= 0.6 is 0 Å². The molecule has 0 amide bonds. The van der Waals surface area contributed by atoms with E-state index in [0.29, 0.717) is 6.61 Å². The number of halogens is 3. The van der Waals surface area contributed by atoms with Crippen LogP contribution in [-0.4, -0.2) is 16.6 Å². The predicted molar refractivity (Wildman–Crippen MR) is 56.5 cm³/mol. The minimum atomic E-state index is -4.54. The van der Waals surface area contributed by atoms with Gasteiger partial charge in [0.1, 0.15) is 0 Å². The molecule has 0 radical (unpaired) electrons. The van der Waals surface area contributed by atoms with Gasteiger partial charge in [-0.2, -0.15) is 18.2 Å². The van der Waals surface area contributed by atoms with Crippen LogP contribution in [0.5, 0.6) is 5.88 Å². The van der Waals surface area contributed by atoms with E-state index in [4.69, 9.17) is 10.5 Å². The third-order valence-electron chi connectivity index (χ3n) is 2.01. The number of nitrogen functional groups attached to an aromatic ring is 1. The van der Waals surface area contributed by atoms with Gasteiger partial charge in [0.2, 0.25) is 11.8 Å². The normalized spacial score (nSPS) is 11.5. The van der Waals surface area contributed by atoms with E-state index in [1.54, 1.807) is 0 Å². The van der Waals surface area contributed by atoms with Gasteiger partial charge in [0.05, 0.1) is 6.61 Å². The lowest BCUT2D eigenvalue weighted by atomic mass is 10.3. The van der Waals surface area contributed by atoms with E-state index in [1.807, 2.05) is 6.92 Å². The number of aromatic nitrogens is 2. The molecule has 1 aromatic rings. The van der Waals surface area contributed by atoms with Crippen LogP contribution in [0.1, 0.15) is 31.9 Å². The average molecular weight is 249 g/mol. The standard InChI is InChI=1S/C10H14F3N3O/c1-2-3-4-5-17-8-6-7(10(11,12)13)15-9(14)16-8/h6H,2-5H2,1H3,(H2,14,15,16). The quantitative estimate of drug-likeness (QED) is 0.815.